The molecule has 0 aliphatic heterocycles. The fourth-order valence-electron chi connectivity index (χ4n) is 2.74. The SMILES string of the molecule is CC(C)(C)c1cc(OC(=O)c2cccc3ccccc23)ccc1O. The lowest BCUT2D eigenvalue weighted by Gasteiger charge is -2.21. The van der Waals surface area contributed by atoms with Crippen LogP contribution in [0.25, 0.3) is 10.8 Å². The van der Waals surface area contributed by atoms with Crippen molar-refractivity contribution in [2.45, 2.75) is 26.2 Å². The molecule has 3 nitrogen and oxygen atoms in total. The Morgan fingerprint density at radius 1 is 0.958 bits per heavy atom. The number of phenolic OH excluding ortho intramolecular Hbond substituents is 1. The molecule has 3 aromatic carbocycles. The molecule has 0 aliphatic carbocycles. The highest BCUT2D eigenvalue weighted by Crippen LogP contribution is 2.33. The van der Waals surface area contributed by atoms with E-state index >= 15 is 0 Å². The van der Waals surface area contributed by atoms with E-state index < -0.39 is 5.97 Å². The van der Waals surface area contributed by atoms with E-state index in [0.717, 1.165) is 16.3 Å². The fourth-order valence-corrected chi connectivity index (χ4v) is 2.74. The fraction of sp³-hybridized carbons (Fsp3) is 0.190. The number of benzene rings is 3. The van der Waals surface area contributed by atoms with Gasteiger partial charge in [-0.15, -0.1) is 0 Å². The molecule has 0 bridgehead atoms. The van der Waals surface area contributed by atoms with Crippen molar-refractivity contribution in [1.29, 1.82) is 0 Å². The molecule has 0 heterocycles. The molecule has 0 spiro atoms. The van der Waals surface area contributed by atoms with Gasteiger partial charge in [0.2, 0.25) is 0 Å². The molecule has 1 N–H and O–H groups in total. The van der Waals surface area contributed by atoms with Crippen molar-refractivity contribution in [1.82, 2.24) is 0 Å². The van der Waals surface area contributed by atoms with Crippen molar-refractivity contribution in [3.05, 3.63) is 71.8 Å². The first-order valence-electron chi connectivity index (χ1n) is 7.90. The largest absolute Gasteiger partial charge is 0.508 e. The molecule has 3 aromatic rings. The third kappa shape index (κ3) is 3.11. The Kier molecular flexibility index (Phi) is 4.02. The molecule has 24 heavy (non-hydrogen) atoms. The van der Waals surface area contributed by atoms with E-state index in [1.807, 2.05) is 57.2 Å². The summed E-state index contributed by atoms with van der Waals surface area (Å²) in [5.74, 6) is 0.223. The van der Waals surface area contributed by atoms with Gasteiger partial charge < -0.3 is 9.84 Å². The van der Waals surface area contributed by atoms with E-state index in [1.54, 1.807) is 24.3 Å². The number of hydrogen-bond donors (Lipinski definition) is 1. The summed E-state index contributed by atoms with van der Waals surface area (Å²) in [6, 6.07) is 18.2. The average molecular weight is 320 g/mol. The molecule has 0 atom stereocenters. The summed E-state index contributed by atoms with van der Waals surface area (Å²) < 4.78 is 5.55. The van der Waals surface area contributed by atoms with E-state index in [0.29, 0.717) is 11.3 Å². The second-order valence-electron chi connectivity index (χ2n) is 6.85. The normalized spacial score (nSPS) is 11.5. The van der Waals surface area contributed by atoms with Gasteiger partial charge in [0.25, 0.3) is 0 Å². The second kappa shape index (κ2) is 6.00. The Labute approximate surface area is 141 Å². The minimum atomic E-state index is -0.405. The number of carbonyl (C=O) groups is 1. The summed E-state index contributed by atoms with van der Waals surface area (Å²) in [6.07, 6.45) is 0. The van der Waals surface area contributed by atoms with Crippen molar-refractivity contribution in [2.24, 2.45) is 0 Å². The standard InChI is InChI=1S/C21H20O3/c1-21(2,3)18-13-15(11-12-19(18)22)24-20(23)17-10-6-8-14-7-4-5-9-16(14)17/h4-13,22H,1-3H3. The number of fused-ring (bicyclic) bond motifs is 1. The lowest BCUT2D eigenvalue weighted by molar-refractivity contribution is 0.0736. The first-order valence-corrected chi connectivity index (χ1v) is 7.90. The van der Waals surface area contributed by atoms with E-state index in [9.17, 15) is 9.90 Å². The van der Waals surface area contributed by atoms with E-state index in [2.05, 4.69) is 0 Å². The van der Waals surface area contributed by atoms with Gasteiger partial charge in [-0.25, -0.2) is 4.79 Å². The number of esters is 1. The second-order valence-corrected chi connectivity index (χ2v) is 6.85. The first kappa shape index (κ1) is 16.1. The topological polar surface area (TPSA) is 46.5 Å². The zero-order chi connectivity index (χ0) is 17.3. The maximum Gasteiger partial charge on any atom is 0.344 e. The quantitative estimate of drug-likeness (QED) is 0.530. The third-order valence-corrected chi connectivity index (χ3v) is 4.00. The summed E-state index contributed by atoms with van der Waals surface area (Å²) in [5.41, 5.74) is 1.02. The van der Waals surface area contributed by atoms with Gasteiger partial charge in [0, 0.05) is 5.56 Å². The summed E-state index contributed by atoms with van der Waals surface area (Å²) in [6.45, 7) is 6.00. The van der Waals surface area contributed by atoms with Crippen LogP contribution in [0.1, 0.15) is 36.7 Å². The minimum absolute atomic E-state index is 0.201. The van der Waals surface area contributed by atoms with Gasteiger partial charge in [-0.2, -0.15) is 0 Å². The Morgan fingerprint density at radius 3 is 2.42 bits per heavy atom. The van der Waals surface area contributed by atoms with Crippen molar-refractivity contribution in [2.75, 3.05) is 0 Å². The molecular formula is C21H20O3. The Balaban J connectivity index is 1.95. The van der Waals surface area contributed by atoms with Crippen LogP contribution in [0.3, 0.4) is 0 Å². The van der Waals surface area contributed by atoms with Crippen LogP contribution in [0.5, 0.6) is 11.5 Å². The zero-order valence-corrected chi connectivity index (χ0v) is 14.0. The smallest absolute Gasteiger partial charge is 0.344 e. The lowest BCUT2D eigenvalue weighted by Crippen LogP contribution is -2.13. The van der Waals surface area contributed by atoms with Crippen LogP contribution >= 0.6 is 0 Å². The van der Waals surface area contributed by atoms with Crippen molar-refractivity contribution in [3.63, 3.8) is 0 Å². The Bertz CT molecular complexity index is 899. The van der Waals surface area contributed by atoms with E-state index in [-0.39, 0.29) is 11.2 Å². The molecule has 0 saturated heterocycles. The molecule has 3 heteroatoms. The highest BCUT2D eigenvalue weighted by molar-refractivity contribution is 6.05. The summed E-state index contributed by atoms with van der Waals surface area (Å²) in [7, 11) is 0. The van der Waals surface area contributed by atoms with Crippen LogP contribution in [0.4, 0.5) is 0 Å². The molecule has 0 unspecified atom stereocenters. The highest BCUT2D eigenvalue weighted by Gasteiger charge is 2.20. The molecule has 0 fully saturated rings. The van der Waals surface area contributed by atoms with Crippen molar-refractivity contribution in [3.8, 4) is 11.5 Å². The van der Waals surface area contributed by atoms with E-state index in [1.165, 1.54) is 0 Å². The Hall–Kier alpha value is -2.81. The molecule has 122 valence electrons. The molecule has 0 amide bonds. The maximum absolute atomic E-state index is 12.6. The zero-order valence-electron chi connectivity index (χ0n) is 14.0. The molecular weight excluding hydrogens is 300 g/mol. The predicted molar refractivity (Wildman–Crippen MR) is 95.7 cm³/mol. The Morgan fingerprint density at radius 2 is 1.67 bits per heavy atom. The molecule has 0 aliphatic rings. The van der Waals surface area contributed by atoms with Gasteiger partial charge in [-0.3, -0.25) is 0 Å². The average Bonchev–Trinajstić information content (AvgIpc) is 2.55. The minimum Gasteiger partial charge on any atom is -0.508 e. The van der Waals surface area contributed by atoms with Crippen LogP contribution in [-0.4, -0.2) is 11.1 Å². The number of aromatic hydroxyl groups is 1. The monoisotopic (exact) mass is 320 g/mol. The van der Waals surface area contributed by atoms with Crippen LogP contribution < -0.4 is 4.74 Å². The van der Waals surface area contributed by atoms with Gasteiger partial charge in [0.1, 0.15) is 11.5 Å². The lowest BCUT2D eigenvalue weighted by atomic mass is 9.86. The summed E-state index contributed by atoms with van der Waals surface area (Å²) in [5, 5.41) is 11.9. The van der Waals surface area contributed by atoms with Gasteiger partial charge >= 0.3 is 5.97 Å². The molecule has 3 rings (SSSR count). The summed E-state index contributed by atoms with van der Waals surface area (Å²) in [4.78, 5) is 12.6. The van der Waals surface area contributed by atoms with Crippen LogP contribution in [0, 0.1) is 0 Å². The van der Waals surface area contributed by atoms with Gasteiger partial charge in [0.05, 0.1) is 5.56 Å². The predicted octanol–water partition coefficient (Wildman–Crippen LogP) is 5.06. The van der Waals surface area contributed by atoms with E-state index in [4.69, 9.17) is 4.74 Å². The summed E-state index contributed by atoms with van der Waals surface area (Å²) >= 11 is 0. The van der Waals surface area contributed by atoms with Gasteiger partial charge in [0.15, 0.2) is 0 Å². The van der Waals surface area contributed by atoms with Crippen LogP contribution in [0.15, 0.2) is 60.7 Å². The molecule has 0 saturated carbocycles. The number of rotatable bonds is 2. The first-order chi connectivity index (χ1) is 11.4. The van der Waals surface area contributed by atoms with Crippen molar-refractivity contribution < 1.29 is 14.6 Å². The number of carbonyl (C=O) groups excluding carboxylic acids is 1. The third-order valence-electron chi connectivity index (χ3n) is 4.00. The molecule has 0 radical (unpaired) electrons. The number of ether oxygens (including phenoxy) is 1. The van der Waals surface area contributed by atoms with Crippen LogP contribution in [0.2, 0.25) is 0 Å². The molecule has 0 aromatic heterocycles. The van der Waals surface area contributed by atoms with Crippen molar-refractivity contribution >= 4 is 16.7 Å². The highest BCUT2D eigenvalue weighted by atomic mass is 16.5. The number of phenols is 1. The number of hydrogen-bond acceptors (Lipinski definition) is 3. The van der Waals surface area contributed by atoms with Crippen LogP contribution in [-0.2, 0) is 5.41 Å². The van der Waals surface area contributed by atoms with Gasteiger partial charge in [-0.05, 0) is 40.5 Å². The maximum atomic E-state index is 12.6. The van der Waals surface area contributed by atoms with Gasteiger partial charge in [-0.1, -0.05) is 57.2 Å².